The molecule has 0 aliphatic carbocycles. The number of hydrogen-bond acceptors (Lipinski definition) is 4. The third kappa shape index (κ3) is 1.31. The van der Waals surface area contributed by atoms with E-state index in [-0.39, 0.29) is 0 Å². The van der Waals surface area contributed by atoms with E-state index in [2.05, 4.69) is 15.4 Å². The fourth-order valence-corrected chi connectivity index (χ4v) is 1.10. The first-order chi connectivity index (χ1) is 6.31. The Labute approximate surface area is 75.0 Å². The predicted molar refractivity (Wildman–Crippen MR) is 46.0 cm³/mol. The zero-order valence-corrected chi connectivity index (χ0v) is 7.25. The molecule has 0 amide bonds. The van der Waals surface area contributed by atoms with Crippen molar-refractivity contribution in [3.05, 3.63) is 24.2 Å². The summed E-state index contributed by atoms with van der Waals surface area (Å²) >= 11 is 0. The Morgan fingerprint density at radius 1 is 1.54 bits per heavy atom. The van der Waals surface area contributed by atoms with Crippen molar-refractivity contribution in [2.75, 3.05) is 0 Å². The lowest BCUT2D eigenvalue weighted by Gasteiger charge is -1.98. The van der Waals surface area contributed by atoms with E-state index in [9.17, 15) is 0 Å². The maximum Gasteiger partial charge on any atom is 0.177 e. The molecule has 0 aliphatic heterocycles. The second-order valence-electron chi connectivity index (χ2n) is 2.69. The van der Waals surface area contributed by atoms with E-state index < -0.39 is 0 Å². The highest BCUT2D eigenvalue weighted by atomic mass is 15.5. The van der Waals surface area contributed by atoms with Gasteiger partial charge in [-0.1, -0.05) is 5.21 Å². The largest absolute Gasteiger partial charge is 0.325 e. The van der Waals surface area contributed by atoms with E-state index in [4.69, 9.17) is 5.73 Å². The van der Waals surface area contributed by atoms with Crippen LogP contribution in [0.1, 0.15) is 5.69 Å². The van der Waals surface area contributed by atoms with Gasteiger partial charge in [0.25, 0.3) is 0 Å². The molecular weight excluding hydrogens is 168 g/mol. The van der Waals surface area contributed by atoms with Crippen LogP contribution in [0.2, 0.25) is 0 Å². The first kappa shape index (κ1) is 7.93. The van der Waals surface area contributed by atoms with Gasteiger partial charge < -0.3 is 5.73 Å². The van der Waals surface area contributed by atoms with Crippen LogP contribution in [0.3, 0.4) is 0 Å². The van der Waals surface area contributed by atoms with Gasteiger partial charge in [0.2, 0.25) is 0 Å². The zero-order valence-electron chi connectivity index (χ0n) is 7.25. The smallest absolute Gasteiger partial charge is 0.177 e. The molecule has 2 aromatic heterocycles. The summed E-state index contributed by atoms with van der Waals surface area (Å²) in [7, 11) is 1.85. The minimum atomic E-state index is 0.406. The van der Waals surface area contributed by atoms with E-state index >= 15 is 0 Å². The quantitative estimate of drug-likeness (QED) is 0.670. The molecule has 2 aromatic rings. The highest BCUT2D eigenvalue weighted by Crippen LogP contribution is 2.04. The highest BCUT2D eigenvalue weighted by molar-refractivity contribution is 5.20. The summed E-state index contributed by atoms with van der Waals surface area (Å²) in [5.74, 6) is 0.737. The summed E-state index contributed by atoms with van der Waals surface area (Å²) in [6.07, 6.45) is 3.48. The monoisotopic (exact) mass is 178 g/mol. The number of aryl methyl sites for hydroxylation is 1. The van der Waals surface area contributed by atoms with Crippen molar-refractivity contribution in [3.63, 3.8) is 0 Å². The maximum atomic E-state index is 5.50. The fraction of sp³-hybridized carbons (Fsp3) is 0.286. The Balaban J connectivity index is 2.45. The van der Waals surface area contributed by atoms with Gasteiger partial charge in [-0.05, 0) is 0 Å². The lowest BCUT2D eigenvalue weighted by molar-refractivity contribution is 0.697. The van der Waals surface area contributed by atoms with Crippen molar-refractivity contribution < 1.29 is 0 Å². The second-order valence-corrected chi connectivity index (χ2v) is 2.69. The van der Waals surface area contributed by atoms with E-state index in [1.54, 1.807) is 15.6 Å². The number of nitrogens with two attached hydrogens (primary N) is 1. The minimum Gasteiger partial charge on any atom is -0.325 e. The number of nitrogens with zero attached hydrogens (tertiary/aromatic N) is 5. The van der Waals surface area contributed by atoms with E-state index in [1.807, 2.05) is 19.3 Å². The average molecular weight is 178 g/mol. The summed E-state index contributed by atoms with van der Waals surface area (Å²) < 4.78 is 3.33. The molecule has 68 valence electrons. The summed E-state index contributed by atoms with van der Waals surface area (Å²) in [5.41, 5.74) is 6.35. The molecule has 0 atom stereocenters. The van der Waals surface area contributed by atoms with Crippen molar-refractivity contribution in [1.82, 2.24) is 24.8 Å². The standard InChI is InChI=1S/C7H10N6/c1-12-3-2-7(10-12)13-6(4-8)5-9-11-13/h2-3,5H,4,8H2,1H3. The molecule has 0 aromatic carbocycles. The molecule has 0 radical (unpaired) electrons. The predicted octanol–water partition coefficient (Wildman–Crippen LogP) is -0.541. The maximum absolute atomic E-state index is 5.50. The van der Waals surface area contributed by atoms with Crippen LogP contribution in [0.15, 0.2) is 18.5 Å². The molecule has 0 saturated carbocycles. The van der Waals surface area contributed by atoms with Crippen molar-refractivity contribution in [1.29, 1.82) is 0 Å². The van der Waals surface area contributed by atoms with Gasteiger partial charge >= 0.3 is 0 Å². The topological polar surface area (TPSA) is 74.5 Å². The van der Waals surface area contributed by atoms with Crippen LogP contribution < -0.4 is 5.73 Å². The Hall–Kier alpha value is -1.69. The Morgan fingerprint density at radius 3 is 3.00 bits per heavy atom. The van der Waals surface area contributed by atoms with Gasteiger partial charge in [-0.2, -0.15) is 9.78 Å². The lowest BCUT2D eigenvalue weighted by Crippen LogP contribution is -2.07. The molecule has 0 saturated heterocycles. The Bertz CT molecular complexity index is 401. The minimum absolute atomic E-state index is 0.406. The summed E-state index contributed by atoms with van der Waals surface area (Å²) in [4.78, 5) is 0. The molecule has 0 bridgehead atoms. The SMILES string of the molecule is Cn1ccc(-n2nncc2CN)n1. The van der Waals surface area contributed by atoms with Crippen LogP contribution in [0.25, 0.3) is 5.82 Å². The van der Waals surface area contributed by atoms with Crippen LogP contribution in [0, 0.1) is 0 Å². The van der Waals surface area contributed by atoms with Gasteiger partial charge in [0.15, 0.2) is 5.82 Å². The highest BCUT2D eigenvalue weighted by Gasteiger charge is 2.05. The molecule has 13 heavy (non-hydrogen) atoms. The third-order valence-corrected chi connectivity index (χ3v) is 1.75. The first-order valence-corrected chi connectivity index (χ1v) is 3.91. The second kappa shape index (κ2) is 2.98. The first-order valence-electron chi connectivity index (χ1n) is 3.91. The lowest BCUT2D eigenvalue weighted by atomic mass is 10.4. The summed E-state index contributed by atoms with van der Waals surface area (Å²) in [6.45, 7) is 0.406. The number of hydrogen-bond donors (Lipinski definition) is 1. The van der Waals surface area contributed by atoms with Crippen molar-refractivity contribution >= 4 is 0 Å². The van der Waals surface area contributed by atoms with Crippen LogP contribution in [0.5, 0.6) is 0 Å². The molecule has 0 unspecified atom stereocenters. The van der Waals surface area contributed by atoms with Crippen LogP contribution in [-0.2, 0) is 13.6 Å². The average Bonchev–Trinajstić information content (AvgIpc) is 2.71. The molecule has 2 heterocycles. The Morgan fingerprint density at radius 2 is 2.38 bits per heavy atom. The summed E-state index contributed by atoms with van der Waals surface area (Å²) in [5, 5.41) is 11.8. The normalized spacial score (nSPS) is 10.6. The van der Waals surface area contributed by atoms with Gasteiger partial charge in [0.05, 0.1) is 11.9 Å². The molecule has 6 heteroatoms. The van der Waals surface area contributed by atoms with Gasteiger partial charge in [0.1, 0.15) is 0 Å². The van der Waals surface area contributed by atoms with Gasteiger partial charge in [0, 0.05) is 25.9 Å². The fourth-order valence-electron chi connectivity index (χ4n) is 1.10. The summed E-state index contributed by atoms with van der Waals surface area (Å²) in [6, 6.07) is 1.86. The van der Waals surface area contributed by atoms with Gasteiger partial charge in [-0.15, -0.1) is 5.10 Å². The molecule has 6 nitrogen and oxygen atoms in total. The van der Waals surface area contributed by atoms with E-state index in [0.29, 0.717) is 6.54 Å². The molecule has 2 rings (SSSR count). The molecular formula is C7H10N6. The Kier molecular flexibility index (Phi) is 1.82. The van der Waals surface area contributed by atoms with Gasteiger partial charge in [-0.25, -0.2) is 0 Å². The van der Waals surface area contributed by atoms with E-state index in [0.717, 1.165) is 11.5 Å². The van der Waals surface area contributed by atoms with E-state index in [1.165, 1.54) is 0 Å². The molecule has 0 spiro atoms. The van der Waals surface area contributed by atoms with Crippen molar-refractivity contribution in [3.8, 4) is 5.82 Å². The van der Waals surface area contributed by atoms with Gasteiger partial charge in [-0.3, -0.25) is 4.68 Å². The molecule has 2 N–H and O–H groups in total. The van der Waals surface area contributed by atoms with Crippen LogP contribution >= 0.6 is 0 Å². The number of rotatable bonds is 2. The van der Waals surface area contributed by atoms with Crippen LogP contribution in [-0.4, -0.2) is 24.8 Å². The third-order valence-electron chi connectivity index (χ3n) is 1.75. The zero-order chi connectivity index (χ0) is 9.26. The van der Waals surface area contributed by atoms with Crippen molar-refractivity contribution in [2.24, 2.45) is 12.8 Å². The van der Waals surface area contributed by atoms with Crippen LogP contribution in [0.4, 0.5) is 0 Å². The van der Waals surface area contributed by atoms with Crippen molar-refractivity contribution in [2.45, 2.75) is 6.54 Å². The number of aromatic nitrogens is 5. The molecule has 0 aliphatic rings. The molecule has 0 fully saturated rings.